The zero-order chi connectivity index (χ0) is 23.8. The Balaban J connectivity index is 1.57. The maximum absolute atomic E-state index is 12.7. The van der Waals surface area contributed by atoms with Gasteiger partial charge in [0, 0.05) is 32.9 Å². The van der Waals surface area contributed by atoms with Gasteiger partial charge < -0.3 is 18.3 Å². The molecule has 2 heterocycles. The van der Waals surface area contributed by atoms with Crippen molar-refractivity contribution in [3.63, 3.8) is 0 Å². The monoisotopic (exact) mass is 518 g/mol. The van der Waals surface area contributed by atoms with Crippen LogP contribution in [0.25, 0.3) is 33.1 Å². The van der Waals surface area contributed by atoms with Crippen LogP contribution in [0.15, 0.2) is 95.7 Å². The van der Waals surface area contributed by atoms with Crippen LogP contribution in [-0.4, -0.2) is 13.1 Å². The quantitative estimate of drug-likeness (QED) is 0.174. The molecule has 34 heavy (non-hydrogen) atoms. The fraction of sp³-hybridized carbons (Fsp3) is 0.0385. The van der Waals surface area contributed by atoms with Crippen molar-refractivity contribution < 1.29 is 23.1 Å². The van der Waals surface area contributed by atoms with E-state index in [1.807, 2.05) is 6.07 Å². The van der Waals surface area contributed by atoms with Gasteiger partial charge in [0.1, 0.15) is 22.7 Å². The van der Waals surface area contributed by atoms with Crippen LogP contribution in [0.5, 0.6) is 11.5 Å². The van der Waals surface area contributed by atoms with Gasteiger partial charge in [-0.1, -0.05) is 22.0 Å². The highest BCUT2D eigenvalue weighted by atomic mass is 79.9. The number of carbonyl (C=O) groups excluding carboxylic acids is 1. The van der Waals surface area contributed by atoms with E-state index in [4.69, 9.17) is 18.3 Å². The zero-order valence-corrected chi connectivity index (χ0v) is 19.2. The molecule has 0 aliphatic heterocycles. The third kappa shape index (κ3) is 4.11. The summed E-state index contributed by atoms with van der Waals surface area (Å²) < 4.78 is 22.2. The van der Waals surface area contributed by atoms with Crippen LogP contribution in [0.3, 0.4) is 0 Å². The van der Waals surface area contributed by atoms with Crippen LogP contribution < -0.4 is 20.7 Å². The lowest BCUT2D eigenvalue weighted by atomic mass is 10.0. The molecule has 0 N–H and O–H groups in total. The number of esters is 1. The van der Waals surface area contributed by atoms with Crippen LogP contribution in [0, 0.1) is 0 Å². The van der Waals surface area contributed by atoms with Gasteiger partial charge in [0.25, 0.3) is 0 Å². The standard InChI is InChI=1S/C26H15BrO7/c1-31-17-4-2-3-14(10-17)25(29)32-18-6-7-19-20(13-24(28)33-23(19)12-18)21-11-15-9-16(27)5-8-22(15)34-26(21)30/h2-13H,1H3. The first-order valence-electron chi connectivity index (χ1n) is 10.1. The van der Waals surface area contributed by atoms with Crippen LogP contribution in [0.1, 0.15) is 10.4 Å². The smallest absolute Gasteiger partial charge is 0.344 e. The number of carbonyl (C=O) groups is 1. The van der Waals surface area contributed by atoms with E-state index in [9.17, 15) is 14.4 Å². The van der Waals surface area contributed by atoms with Crippen molar-refractivity contribution in [3.8, 4) is 22.6 Å². The Labute approximate surface area is 200 Å². The van der Waals surface area contributed by atoms with Crippen LogP contribution in [0.2, 0.25) is 0 Å². The molecule has 0 unspecified atom stereocenters. The number of benzene rings is 3. The number of hydrogen-bond donors (Lipinski definition) is 0. The molecule has 0 bridgehead atoms. The SMILES string of the molecule is COc1cccc(C(=O)Oc2ccc3c(-c4cc5cc(Br)ccc5oc4=O)cc(=O)oc3c2)c1. The summed E-state index contributed by atoms with van der Waals surface area (Å²) in [5.74, 6) is 0.0949. The van der Waals surface area contributed by atoms with Gasteiger partial charge in [-0.05, 0) is 54.6 Å². The summed E-state index contributed by atoms with van der Waals surface area (Å²) in [5, 5.41) is 1.18. The van der Waals surface area contributed by atoms with Crippen molar-refractivity contribution in [1.29, 1.82) is 0 Å². The molecule has 0 fully saturated rings. The van der Waals surface area contributed by atoms with Crippen molar-refractivity contribution in [2.45, 2.75) is 0 Å². The Bertz CT molecular complexity index is 1700. The van der Waals surface area contributed by atoms with Crippen LogP contribution >= 0.6 is 15.9 Å². The van der Waals surface area contributed by atoms with Gasteiger partial charge in [0.15, 0.2) is 0 Å². The molecule has 5 aromatic rings. The summed E-state index contributed by atoms with van der Waals surface area (Å²) >= 11 is 3.40. The zero-order valence-electron chi connectivity index (χ0n) is 17.7. The highest BCUT2D eigenvalue weighted by molar-refractivity contribution is 9.10. The van der Waals surface area contributed by atoms with E-state index in [2.05, 4.69) is 15.9 Å². The molecule has 168 valence electrons. The summed E-state index contributed by atoms with van der Waals surface area (Å²) in [4.78, 5) is 37.6. The number of ether oxygens (including phenoxy) is 2. The first kappa shape index (κ1) is 21.7. The highest BCUT2D eigenvalue weighted by Crippen LogP contribution is 2.30. The van der Waals surface area contributed by atoms with Crippen molar-refractivity contribution in [1.82, 2.24) is 0 Å². The van der Waals surface area contributed by atoms with E-state index in [1.165, 1.54) is 19.2 Å². The molecular weight excluding hydrogens is 504 g/mol. The molecule has 8 heteroatoms. The largest absolute Gasteiger partial charge is 0.497 e. The van der Waals surface area contributed by atoms with Crippen molar-refractivity contribution in [2.75, 3.05) is 7.11 Å². The van der Waals surface area contributed by atoms with E-state index in [-0.39, 0.29) is 16.9 Å². The predicted molar refractivity (Wildman–Crippen MR) is 130 cm³/mol. The third-order valence-electron chi connectivity index (χ3n) is 5.22. The summed E-state index contributed by atoms with van der Waals surface area (Å²) in [6.45, 7) is 0. The lowest BCUT2D eigenvalue weighted by molar-refractivity contribution is 0.0734. The molecule has 0 atom stereocenters. The molecule has 0 amide bonds. The molecule has 7 nitrogen and oxygen atoms in total. The summed E-state index contributed by atoms with van der Waals surface area (Å²) in [6.07, 6.45) is 0. The van der Waals surface area contributed by atoms with Gasteiger partial charge in [0.2, 0.25) is 0 Å². The molecular formula is C26H15BrO7. The molecule has 0 radical (unpaired) electrons. The normalized spacial score (nSPS) is 11.0. The van der Waals surface area contributed by atoms with Crippen molar-refractivity contribution in [2.24, 2.45) is 0 Å². The molecule has 5 rings (SSSR count). The van der Waals surface area contributed by atoms with Gasteiger partial charge in [-0.2, -0.15) is 0 Å². The first-order valence-corrected chi connectivity index (χ1v) is 10.9. The minimum atomic E-state index is -0.660. The van der Waals surface area contributed by atoms with Crippen LogP contribution in [-0.2, 0) is 0 Å². The minimum absolute atomic E-state index is 0.159. The van der Waals surface area contributed by atoms with Gasteiger partial charge in [-0.25, -0.2) is 14.4 Å². The van der Waals surface area contributed by atoms with Gasteiger partial charge >= 0.3 is 17.2 Å². The second-order valence-electron chi connectivity index (χ2n) is 7.39. The number of hydrogen-bond acceptors (Lipinski definition) is 7. The van der Waals surface area contributed by atoms with E-state index < -0.39 is 17.2 Å². The lowest BCUT2D eigenvalue weighted by Gasteiger charge is -2.09. The Hall–Kier alpha value is -4.17. The van der Waals surface area contributed by atoms with Gasteiger partial charge in [-0.3, -0.25) is 0 Å². The van der Waals surface area contributed by atoms with Crippen LogP contribution in [0.4, 0.5) is 0 Å². The van der Waals surface area contributed by atoms with Crippen molar-refractivity contribution in [3.05, 3.63) is 104 Å². The third-order valence-corrected chi connectivity index (χ3v) is 5.71. The molecule has 0 saturated heterocycles. The molecule has 0 saturated carbocycles. The Kier molecular flexibility index (Phi) is 5.51. The average molecular weight is 519 g/mol. The Morgan fingerprint density at radius 2 is 1.68 bits per heavy atom. The maximum Gasteiger partial charge on any atom is 0.344 e. The molecule has 3 aromatic carbocycles. The predicted octanol–water partition coefficient (Wildman–Crippen LogP) is 5.56. The fourth-order valence-electron chi connectivity index (χ4n) is 3.63. The number of rotatable bonds is 4. The number of fused-ring (bicyclic) bond motifs is 2. The van der Waals surface area contributed by atoms with E-state index in [0.717, 1.165) is 4.47 Å². The molecule has 0 spiro atoms. The van der Waals surface area contributed by atoms with E-state index in [0.29, 0.717) is 33.2 Å². The highest BCUT2D eigenvalue weighted by Gasteiger charge is 2.16. The average Bonchev–Trinajstić information content (AvgIpc) is 2.83. The molecule has 0 aliphatic carbocycles. The maximum atomic E-state index is 12.7. The fourth-order valence-corrected chi connectivity index (χ4v) is 4.01. The summed E-state index contributed by atoms with van der Waals surface area (Å²) in [6, 6.07) is 19.3. The summed E-state index contributed by atoms with van der Waals surface area (Å²) in [7, 11) is 1.50. The Morgan fingerprint density at radius 1 is 0.824 bits per heavy atom. The first-order chi connectivity index (χ1) is 16.4. The van der Waals surface area contributed by atoms with Gasteiger partial charge in [0.05, 0.1) is 18.2 Å². The summed E-state index contributed by atoms with van der Waals surface area (Å²) in [5.41, 5.74) is 0.206. The number of halogens is 1. The number of methoxy groups -OCH3 is 1. The second kappa shape index (κ2) is 8.64. The van der Waals surface area contributed by atoms with Gasteiger partial charge in [-0.15, -0.1) is 0 Å². The molecule has 2 aromatic heterocycles. The van der Waals surface area contributed by atoms with E-state index >= 15 is 0 Å². The molecule has 0 aliphatic rings. The Morgan fingerprint density at radius 3 is 2.50 bits per heavy atom. The lowest BCUT2D eigenvalue weighted by Crippen LogP contribution is -2.09. The van der Waals surface area contributed by atoms with E-state index in [1.54, 1.807) is 54.6 Å². The van der Waals surface area contributed by atoms with Crippen molar-refractivity contribution >= 4 is 43.8 Å². The minimum Gasteiger partial charge on any atom is -0.497 e. The topological polar surface area (TPSA) is 96.0 Å². The second-order valence-corrected chi connectivity index (χ2v) is 8.30.